The molecule has 3 rings (SSSR count). The van der Waals surface area contributed by atoms with E-state index in [0.717, 1.165) is 30.7 Å². The first-order valence-electron chi connectivity index (χ1n) is 8.31. The van der Waals surface area contributed by atoms with E-state index in [1.165, 1.54) is 0 Å². The van der Waals surface area contributed by atoms with Gasteiger partial charge in [0.25, 0.3) is 0 Å². The van der Waals surface area contributed by atoms with Gasteiger partial charge in [-0.1, -0.05) is 12.1 Å². The molecule has 24 heavy (non-hydrogen) atoms. The molecule has 1 amide bonds. The van der Waals surface area contributed by atoms with Crippen LogP contribution in [0.15, 0.2) is 42.7 Å². The Labute approximate surface area is 141 Å². The number of amides is 1. The maximum atomic E-state index is 12.6. The zero-order valence-corrected chi connectivity index (χ0v) is 13.8. The van der Waals surface area contributed by atoms with Gasteiger partial charge in [0.2, 0.25) is 11.9 Å². The fraction of sp³-hybridized carbons (Fsp3) is 0.389. The van der Waals surface area contributed by atoms with Gasteiger partial charge in [-0.2, -0.15) is 0 Å². The van der Waals surface area contributed by atoms with Gasteiger partial charge in [0.15, 0.2) is 0 Å². The lowest BCUT2D eigenvalue weighted by atomic mass is 10.2. The standard InChI is InChI=1S/C18H22N4O2/c1-2-24-15-7-3-6-14(12-15)13-21-17(23)16-8-4-11-22(16)18-19-9-5-10-20-18/h3,5-7,9-10,12,16H,2,4,8,11,13H2,1H3,(H,21,23). The van der Waals surface area contributed by atoms with Crippen LogP contribution >= 0.6 is 0 Å². The Morgan fingerprint density at radius 1 is 1.33 bits per heavy atom. The van der Waals surface area contributed by atoms with E-state index in [1.807, 2.05) is 36.1 Å². The molecule has 1 atom stereocenters. The number of hydrogen-bond acceptors (Lipinski definition) is 5. The summed E-state index contributed by atoms with van der Waals surface area (Å²) in [5, 5.41) is 3.02. The van der Waals surface area contributed by atoms with Crippen LogP contribution in [0, 0.1) is 0 Å². The summed E-state index contributed by atoms with van der Waals surface area (Å²) in [6, 6.07) is 9.36. The van der Waals surface area contributed by atoms with Gasteiger partial charge in [0.1, 0.15) is 11.8 Å². The average molecular weight is 326 g/mol. The van der Waals surface area contributed by atoms with Crippen LogP contribution in [0.25, 0.3) is 0 Å². The minimum Gasteiger partial charge on any atom is -0.494 e. The van der Waals surface area contributed by atoms with Crippen LogP contribution in [-0.2, 0) is 11.3 Å². The van der Waals surface area contributed by atoms with E-state index >= 15 is 0 Å². The summed E-state index contributed by atoms with van der Waals surface area (Å²) in [5.74, 6) is 1.46. The van der Waals surface area contributed by atoms with Gasteiger partial charge in [-0.25, -0.2) is 9.97 Å². The lowest BCUT2D eigenvalue weighted by Gasteiger charge is -2.23. The lowest BCUT2D eigenvalue weighted by Crippen LogP contribution is -2.43. The number of anilines is 1. The number of ether oxygens (including phenoxy) is 1. The Balaban J connectivity index is 1.61. The van der Waals surface area contributed by atoms with Crippen LogP contribution in [0.4, 0.5) is 5.95 Å². The quantitative estimate of drug-likeness (QED) is 0.881. The van der Waals surface area contributed by atoms with Gasteiger partial charge >= 0.3 is 0 Å². The monoisotopic (exact) mass is 326 g/mol. The zero-order chi connectivity index (χ0) is 16.8. The highest BCUT2D eigenvalue weighted by Gasteiger charge is 2.32. The number of hydrogen-bond donors (Lipinski definition) is 1. The molecular formula is C18H22N4O2. The number of benzene rings is 1. The van der Waals surface area contributed by atoms with Crippen molar-refractivity contribution in [3.8, 4) is 5.75 Å². The Bertz CT molecular complexity index is 678. The summed E-state index contributed by atoms with van der Waals surface area (Å²) in [6.07, 6.45) is 5.20. The molecule has 1 saturated heterocycles. The second-order valence-corrected chi connectivity index (χ2v) is 5.70. The average Bonchev–Trinajstić information content (AvgIpc) is 3.11. The van der Waals surface area contributed by atoms with Crippen LogP contribution < -0.4 is 15.0 Å². The molecule has 1 aromatic carbocycles. The van der Waals surface area contributed by atoms with Gasteiger partial charge < -0.3 is 15.0 Å². The molecule has 1 aliphatic heterocycles. The predicted molar refractivity (Wildman–Crippen MR) is 91.9 cm³/mol. The van der Waals surface area contributed by atoms with E-state index in [4.69, 9.17) is 4.74 Å². The van der Waals surface area contributed by atoms with E-state index in [-0.39, 0.29) is 11.9 Å². The molecule has 6 heteroatoms. The highest BCUT2D eigenvalue weighted by Crippen LogP contribution is 2.22. The first-order valence-corrected chi connectivity index (χ1v) is 8.31. The van der Waals surface area contributed by atoms with Crippen molar-refractivity contribution in [2.24, 2.45) is 0 Å². The van der Waals surface area contributed by atoms with Crippen molar-refractivity contribution in [2.75, 3.05) is 18.1 Å². The summed E-state index contributed by atoms with van der Waals surface area (Å²) in [5.41, 5.74) is 1.02. The Hall–Kier alpha value is -2.63. The minimum atomic E-state index is -0.206. The molecule has 0 spiro atoms. The van der Waals surface area contributed by atoms with Crippen molar-refractivity contribution in [1.29, 1.82) is 0 Å². The van der Waals surface area contributed by atoms with Crippen molar-refractivity contribution < 1.29 is 9.53 Å². The predicted octanol–water partition coefficient (Wildman–Crippen LogP) is 2.16. The van der Waals surface area contributed by atoms with E-state index in [1.54, 1.807) is 18.5 Å². The fourth-order valence-corrected chi connectivity index (χ4v) is 2.94. The normalized spacial score (nSPS) is 16.9. The highest BCUT2D eigenvalue weighted by molar-refractivity contribution is 5.85. The van der Waals surface area contributed by atoms with Crippen molar-refractivity contribution >= 4 is 11.9 Å². The molecule has 0 aliphatic carbocycles. The van der Waals surface area contributed by atoms with Gasteiger partial charge in [0.05, 0.1) is 6.61 Å². The van der Waals surface area contributed by atoms with Crippen molar-refractivity contribution in [3.05, 3.63) is 48.3 Å². The van der Waals surface area contributed by atoms with Gasteiger partial charge in [-0.05, 0) is 43.5 Å². The number of aromatic nitrogens is 2. The number of rotatable bonds is 6. The smallest absolute Gasteiger partial charge is 0.243 e. The second-order valence-electron chi connectivity index (χ2n) is 5.70. The molecule has 0 saturated carbocycles. The molecule has 1 fully saturated rings. The maximum absolute atomic E-state index is 12.6. The first-order chi connectivity index (χ1) is 11.8. The molecular weight excluding hydrogens is 304 g/mol. The molecule has 2 heterocycles. The minimum absolute atomic E-state index is 0.0155. The summed E-state index contributed by atoms with van der Waals surface area (Å²) in [7, 11) is 0. The van der Waals surface area contributed by atoms with Crippen LogP contribution in [0.3, 0.4) is 0 Å². The molecule has 126 valence electrons. The Morgan fingerprint density at radius 2 is 2.17 bits per heavy atom. The number of nitrogens with one attached hydrogen (secondary N) is 1. The number of carbonyl (C=O) groups is 1. The molecule has 1 aromatic heterocycles. The van der Waals surface area contributed by atoms with Crippen LogP contribution in [-0.4, -0.2) is 35.1 Å². The number of nitrogens with zero attached hydrogens (tertiary/aromatic N) is 3. The third-order valence-electron chi connectivity index (χ3n) is 4.04. The van der Waals surface area contributed by atoms with Crippen LogP contribution in [0.1, 0.15) is 25.3 Å². The van der Waals surface area contributed by atoms with E-state index in [2.05, 4.69) is 15.3 Å². The van der Waals surface area contributed by atoms with Crippen LogP contribution in [0.5, 0.6) is 5.75 Å². The van der Waals surface area contributed by atoms with Gasteiger partial charge in [-0.15, -0.1) is 0 Å². The third-order valence-corrected chi connectivity index (χ3v) is 4.04. The molecule has 1 aliphatic rings. The number of carbonyl (C=O) groups excluding carboxylic acids is 1. The summed E-state index contributed by atoms with van der Waals surface area (Å²) in [4.78, 5) is 23.1. The van der Waals surface area contributed by atoms with E-state index in [0.29, 0.717) is 19.1 Å². The van der Waals surface area contributed by atoms with E-state index < -0.39 is 0 Å². The molecule has 2 aromatic rings. The van der Waals surface area contributed by atoms with Crippen LogP contribution in [0.2, 0.25) is 0 Å². The SMILES string of the molecule is CCOc1cccc(CNC(=O)C2CCCN2c2ncccn2)c1. The topological polar surface area (TPSA) is 67.3 Å². The Morgan fingerprint density at radius 3 is 2.96 bits per heavy atom. The largest absolute Gasteiger partial charge is 0.494 e. The third kappa shape index (κ3) is 3.82. The second kappa shape index (κ2) is 7.77. The zero-order valence-electron chi connectivity index (χ0n) is 13.8. The highest BCUT2D eigenvalue weighted by atomic mass is 16.5. The maximum Gasteiger partial charge on any atom is 0.243 e. The summed E-state index contributed by atoms with van der Waals surface area (Å²) < 4.78 is 5.49. The van der Waals surface area contributed by atoms with Crippen molar-refractivity contribution in [1.82, 2.24) is 15.3 Å². The van der Waals surface area contributed by atoms with E-state index in [9.17, 15) is 4.79 Å². The summed E-state index contributed by atoms with van der Waals surface area (Å²) >= 11 is 0. The Kier molecular flexibility index (Phi) is 5.25. The fourth-order valence-electron chi connectivity index (χ4n) is 2.94. The summed E-state index contributed by atoms with van der Waals surface area (Å²) in [6.45, 7) is 3.88. The van der Waals surface area contributed by atoms with Crippen molar-refractivity contribution in [2.45, 2.75) is 32.4 Å². The van der Waals surface area contributed by atoms with Gasteiger partial charge in [-0.3, -0.25) is 4.79 Å². The van der Waals surface area contributed by atoms with Gasteiger partial charge in [0, 0.05) is 25.5 Å². The first kappa shape index (κ1) is 16.2. The molecule has 6 nitrogen and oxygen atoms in total. The molecule has 0 bridgehead atoms. The molecule has 0 radical (unpaired) electrons. The molecule has 1 N–H and O–H groups in total. The van der Waals surface area contributed by atoms with Crippen molar-refractivity contribution in [3.63, 3.8) is 0 Å². The lowest BCUT2D eigenvalue weighted by molar-refractivity contribution is -0.122. The molecule has 1 unspecified atom stereocenters.